The van der Waals surface area contributed by atoms with Gasteiger partial charge >= 0.3 is 0 Å². The molecule has 2 rings (SSSR count). The number of aryl methyl sites for hydroxylation is 2. The third-order valence-electron chi connectivity index (χ3n) is 3.91. The van der Waals surface area contributed by atoms with Crippen molar-refractivity contribution in [3.05, 3.63) is 58.6 Å². The van der Waals surface area contributed by atoms with E-state index in [2.05, 4.69) is 5.32 Å². The first-order chi connectivity index (χ1) is 12.0. The van der Waals surface area contributed by atoms with Crippen molar-refractivity contribution in [2.75, 3.05) is 13.7 Å². The van der Waals surface area contributed by atoms with Crippen molar-refractivity contribution >= 4 is 17.5 Å². The standard InChI is InChI=1S/C20H24ClNO3/c1-14-13-18(10-11-19(14)21)25-15(2)20(23)22-12-4-5-16-6-8-17(24-3)9-7-16/h6-11,13,15H,4-5,12H2,1-3H3,(H,22,23). The SMILES string of the molecule is COc1ccc(CCCNC(=O)C(C)Oc2ccc(Cl)c(C)c2)cc1. The van der Waals surface area contributed by atoms with Gasteiger partial charge in [0.2, 0.25) is 0 Å². The van der Waals surface area contributed by atoms with Crippen molar-refractivity contribution in [1.29, 1.82) is 0 Å². The molecule has 0 bridgehead atoms. The Labute approximate surface area is 154 Å². The number of carbonyl (C=O) groups is 1. The lowest BCUT2D eigenvalue weighted by Gasteiger charge is -2.15. The van der Waals surface area contributed by atoms with E-state index in [1.54, 1.807) is 26.2 Å². The van der Waals surface area contributed by atoms with Crippen LogP contribution in [0.15, 0.2) is 42.5 Å². The molecule has 0 radical (unpaired) electrons. The van der Waals surface area contributed by atoms with Crippen molar-refractivity contribution < 1.29 is 14.3 Å². The summed E-state index contributed by atoms with van der Waals surface area (Å²) < 4.78 is 10.8. The minimum atomic E-state index is -0.554. The third-order valence-corrected chi connectivity index (χ3v) is 4.34. The predicted molar refractivity (Wildman–Crippen MR) is 101 cm³/mol. The van der Waals surface area contributed by atoms with Crippen LogP contribution in [0, 0.1) is 6.92 Å². The van der Waals surface area contributed by atoms with Crippen molar-refractivity contribution in [2.45, 2.75) is 32.8 Å². The Morgan fingerprint density at radius 1 is 1.16 bits per heavy atom. The summed E-state index contributed by atoms with van der Waals surface area (Å²) >= 11 is 5.99. The Balaban J connectivity index is 1.72. The average molecular weight is 362 g/mol. The minimum Gasteiger partial charge on any atom is -0.497 e. The van der Waals surface area contributed by atoms with E-state index in [0.717, 1.165) is 24.2 Å². The Morgan fingerprint density at radius 3 is 2.48 bits per heavy atom. The quantitative estimate of drug-likeness (QED) is 0.718. The van der Waals surface area contributed by atoms with E-state index in [-0.39, 0.29) is 5.91 Å². The fourth-order valence-corrected chi connectivity index (χ4v) is 2.51. The lowest BCUT2D eigenvalue weighted by atomic mass is 10.1. The second-order valence-electron chi connectivity index (χ2n) is 5.91. The largest absolute Gasteiger partial charge is 0.497 e. The summed E-state index contributed by atoms with van der Waals surface area (Å²) in [6.07, 6.45) is 1.21. The first kappa shape index (κ1) is 19.1. The number of rotatable bonds is 8. The summed E-state index contributed by atoms with van der Waals surface area (Å²) in [4.78, 5) is 12.1. The third kappa shape index (κ3) is 5.98. The molecule has 0 heterocycles. The van der Waals surface area contributed by atoms with Crippen LogP contribution in [0.4, 0.5) is 0 Å². The molecular weight excluding hydrogens is 338 g/mol. The molecule has 1 amide bonds. The molecule has 1 atom stereocenters. The van der Waals surface area contributed by atoms with Crippen molar-refractivity contribution in [1.82, 2.24) is 5.32 Å². The molecule has 1 unspecified atom stereocenters. The van der Waals surface area contributed by atoms with Gasteiger partial charge in [-0.15, -0.1) is 0 Å². The molecule has 0 aliphatic heterocycles. The van der Waals surface area contributed by atoms with E-state index in [1.807, 2.05) is 37.3 Å². The second-order valence-corrected chi connectivity index (χ2v) is 6.32. The molecule has 2 aromatic carbocycles. The Morgan fingerprint density at radius 2 is 1.84 bits per heavy atom. The van der Waals surface area contributed by atoms with Crippen LogP contribution in [-0.2, 0) is 11.2 Å². The average Bonchev–Trinajstić information content (AvgIpc) is 2.62. The lowest BCUT2D eigenvalue weighted by molar-refractivity contribution is -0.127. The number of nitrogens with one attached hydrogen (secondary N) is 1. The maximum atomic E-state index is 12.1. The summed E-state index contributed by atoms with van der Waals surface area (Å²) in [5.74, 6) is 1.37. The molecule has 0 aliphatic carbocycles. The van der Waals surface area contributed by atoms with Gasteiger partial charge in [-0.1, -0.05) is 23.7 Å². The van der Waals surface area contributed by atoms with Crippen LogP contribution in [0.3, 0.4) is 0 Å². The number of ether oxygens (including phenoxy) is 2. The first-order valence-corrected chi connectivity index (χ1v) is 8.71. The maximum absolute atomic E-state index is 12.1. The number of halogens is 1. The lowest BCUT2D eigenvalue weighted by Crippen LogP contribution is -2.36. The van der Waals surface area contributed by atoms with Crippen molar-refractivity contribution in [2.24, 2.45) is 0 Å². The van der Waals surface area contributed by atoms with Crippen LogP contribution in [0.25, 0.3) is 0 Å². The highest BCUT2D eigenvalue weighted by atomic mass is 35.5. The first-order valence-electron chi connectivity index (χ1n) is 8.33. The second kappa shape index (κ2) is 9.33. The zero-order valence-electron chi connectivity index (χ0n) is 14.8. The predicted octanol–water partition coefficient (Wildman–Crippen LogP) is 4.17. The zero-order chi connectivity index (χ0) is 18.2. The summed E-state index contributed by atoms with van der Waals surface area (Å²) in [6.45, 7) is 4.25. The number of amides is 1. The molecule has 4 nitrogen and oxygen atoms in total. The zero-order valence-corrected chi connectivity index (χ0v) is 15.6. The van der Waals surface area contributed by atoms with Crippen LogP contribution < -0.4 is 14.8 Å². The van der Waals surface area contributed by atoms with E-state index >= 15 is 0 Å². The number of methoxy groups -OCH3 is 1. The highest BCUT2D eigenvalue weighted by molar-refractivity contribution is 6.31. The summed E-state index contributed by atoms with van der Waals surface area (Å²) in [7, 11) is 1.65. The van der Waals surface area contributed by atoms with Gasteiger partial charge in [-0.25, -0.2) is 0 Å². The van der Waals surface area contributed by atoms with Gasteiger partial charge < -0.3 is 14.8 Å². The number of benzene rings is 2. The molecule has 134 valence electrons. The fourth-order valence-electron chi connectivity index (χ4n) is 2.39. The monoisotopic (exact) mass is 361 g/mol. The van der Waals surface area contributed by atoms with E-state index in [0.29, 0.717) is 17.3 Å². The van der Waals surface area contributed by atoms with E-state index < -0.39 is 6.10 Å². The highest BCUT2D eigenvalue weighted by Gasteiger charge is 2.14. The molecule has 5 heteroatoms. The van der Waals surface area contributed by atoms with Crippen LogP contribution in [0.1, 0.15) is 24.5 Å². The summed E-state index contributed by atoms with van der Waals surface area (Å²) in [6, 6.07) is 13.3. The topological polar surface area (TPSA) is 47.6 Å². The molecular formula is C20H24ClNO3. The van der Waals surface area contributed by atoms with Gasteiger partial charge in [-0.2, -0.15) is 0 Å². The van der Waals surface area contributed by atoms with Gasteiger partial charge in [0.05, 0.1) is 7.11 Å². The van der Waals surface area contributed by atoms with Crippen molar-refractivity contribution in [3.8, 4) is 11.5 Å². The Kier molecular flexibility index (Phi) is 7.14. The molecule has 25 heavy (non-hydrogen) atoms. The van der Waals surface area contributed by atoms with E-state index in [9.17, 15) is 4.79 Å². The smallest absolute Gasteiger partial charge is 0.260 e. The molecule has 2 aromatic rings. The molecule has 0 fully saturated rings. The molecule has 0 aromatic heterocycles. The van der Waals surface area contributed by atoms with Gasteiger partial charge in [0.25, 0.3) is 5.91 Å². The molecule has 0 saturated heterocycles. The molecule has 0 spiro atoms. The summed E-state index contributed by atoms with van der Waals surface area (Å²) in [5, 5.41) is 3.59. The molecule has 0 aliphatic rings. The number of hydrogen-bond donors (Lipinski definition) is 1. The molecule has 0 saturated carbocycles. The normalized spacial score (nSPS) is 11.7. The van der Waals surface area contributed by atoms with Crippen LogP contribution >= 0.6 is 11.6 Å². The van der Waals surface area contributed by atoms with Crippen LogP contribution in [0.5, 0.6) is 11.5 Å². The summed E-state index contributed by atoms with van der Waals surface area (Å²) in [5.41, 5.74) is 2.14. The van der Waals surface area contributed by atoms with E-state index in [4.69, 9.17) is 21.1 Å². The van der Waals surface area contributed by atoms with Gasteiger partial charge in [0.15, 0.2) is 6.10 Å². The number of hydrogen-bond acceptors (Lipinski definition) is 3. The van der Waals surface area contributed by atoms with Gasteiger partial charge in [0, 0.05) is 11.6 Å². The van der Waals surface area contributed by atoms with Gasteiger partial charge in [-0.3, -0.25) is 4.79 Å². The fraction of sp³-hybridized carbons (Fsp3) is 0.350. The van der Waals surface area contributed by atoms with Crippen LogP contribution in [-0.4, -0.2) is 25.7 Å². The van der Waals surface area contributed by atoms with Gasteiger partial charge in [-0.05, 0) is 68.1 Å². The van der Waals surface area contributed by atoms with E-state index in [1.165, 1.54) is 5.56 Å². The molecule has 1 N–H and O–H groups in total. The highest BCUT2D eigenvalue weighted by Crippen LogP contribution is 2.21. The maximum Gasteiger partial charge on any atom is 0.260 e. The van der Waals surface area contributed by atoms with Gasteiger partial charge in [0.1, 0.15) is 11.5 Å². The minimum absolute atomic E-state index is 0.123. The van der Waals surface area contributed by atoms with Crippen molar-refractivity contribution in [3.63, 3.8) is 0 Å². The Hall–Kier alpha value is -2.20. The Bertz CT molecular complexity index is 701. The van der Waals surface area contributed by atoms with Crippen LogP contribution in [0.2, 0.25) is 5.02 Å². The number of carbonyl (C=O) groups excluding carboxylic acids is 1.